The summed E-state index contributed by atoms with van der Waals surface area (Å²) in [6, 6.07) is 69.8. The first-order chi connectivity index (χ1) is 55.1. The van der Waals surface area contributed by atoms with Gasteiger partial charge in [0.25, 0.3) is 0 Å². The van der Waals surface area contributed by atoms with Gasteiger partial charge in [0.2, 0.25) is 11.6 Å². The average Bonchev–Trinajstić information content (AvgIpc) is 1.49. The van der Waals surface area contributed by atoms with Crippen LogP contribution in [0.2, 0.25) is 0 Å². The normalized spacial score (nSPS) is 20.2. The maximum Gasteiger partial charge on any atom is 0.200 e. The van der Waals surface area contributed by atoms with E-state index in [1.54, 1.807) is 12.1 Å². The molecular weight excluding hydrogens is 1430 g/mol. The Balaban J connectivity index is 0.787. The summed E-state index contributed by atoms with van der Waals surface area (Å²) >= 11 is 0. The largest absolute Gasteiger partial charge is 0.331 e. The molecule has 5 unspecified atom stereocenters. The van der Waals surface area contributed by atoms with Crippen molar-refractivity contribution in [3.63, 3.8) is 0 Å². The molecule has 0 saturated heterocycles. The van der Waals surface area contributed by atoms with Crippen LogP contribution in [0.1, 0.15) is 125 Å². The van der Waals surface area contributed by atoms with Gasteiger partial charge in [-0.05, 0) is 218 Å². The Bertz CT molecular complexity index is 6180. The molecule has 7 aliphatic carbocycles. The molecule has 0 spiro atoms. The molecule has 19 rings (SSSR count). The molecule has 113 heavy (non-hydrogen) atoms. The fourth-order valence-electron chi connectivity index (χ4n) is 19.7. The Morgan fingerprint density at radius 2 is 0.929 bits per heavy atom. The zero-order valence-electron chi connectivity index (χ0n) is 62.0. The number of hydrogen-bond acceptors (Lipinski definition) is 2. The van der Waals surface area contributed by atoms with E-state index in [9.17, 15) is 0 Å². The third kappa shape index (κ3) is 11.1. The number of aryl methyl sites for hydroxylation is 2. The molecule has 0 bridgehead atoms. The van der Waals surface area contributed by atoms with E-state index in [0.29, 0.717) is 87.0 Å². The Hall–Kier alpha value is -12.0. The van der Waals surface area contributed by atoms with Gasteiger partial charge in [0, 0.05) is 56.5 Å². The van der Waals surface area contributed by atoms with E-state index in [-0.39, 0.29) is 18.8 Å². The first-order valence-corrected chi connectivity index (χ1v) is 38.9. The third-order valence-electron chi connectivity index (χ3n) is 25.1. The zero-order valence-corrected chi connectivity index (χ0v) is 62.0. The number of nitrogens with zero attached hydrogens (tertiary/aromatic N) is 2. The second kappa shape index (κ2) is 27.7. The predicted octanol–water partition coefficient (Wildman–Crippen LogP) is 27.1. The number of fused-ring (bicyclic) bond motifs is 8. The van der Waals surface area contributed by atoms with Gasteiger partial charge < -0.3 is 9.80 Å². The maximum absolute atomic E-state index is 17.5. The molecule has 12 aromatic rings. The van der Waals surface area contributed by atoms with Crippen molar-refractivity contribution in [2.45, 2.75) is 100 Å². The predicted molar refractivity (Wildman–Crippen MR) is 434 cm³/mol. The lowest BCUT2D eigenvalue weighted by Gasteiger charge is -2.40. The van der Waals surface area contributed by atoms with Crippen LogP contribution in [0.5, 0.6) is 0 Å². The molecule has 558 valence electrons. The number of anilines is 5. The number of benzene rings is 12. The summed E-state index contributed by atoms with van der Waals surface area (Å²) in [5.74, 6) is -20.4. The molecule has 2 nitrogen and oxygen atoms in total. The smallest absolute Gasteiger partial charge is 0.200 e. The van der Waals surface area contributed by atoms with Gasteiger partial charge in [0.15, 0.2) is 46.5 Å². The maximum atomic E-state index is 17.5. The van der Waals surface area contributed by atoms with E-state index < -0.39 is 91.6 Å². The van der Waals surface area contributed by atoms with Gasteiger partial charge in [0.1, 0.15) is 0 Å². The van der Waals surface area contributed by atoms with E-state index >= 15 is 43.9 Å². The fraction of sp³-hybridized carbons (Fsp3) is 0.168. The van der Waals surface area contributed by atoms with Crippen LogP contribution in [0.15, 0.2) is 290 Å². The summed E-state index contributed by atoms with van der Waals surface area (Å²) in [5.41, 5.74) is 10.1. The molecule has 1 saturated carbocycles. The standard InChI is InChI=1S/C101H74F10N2/c1-3-59-31-35-61(36-32-59)56-100(87-89(102)93(106)97(110)94(107)90(87)103)80-29-17-15-25-74(80)76-48-47-69(55-82(76)100)112(67-43-39-65(40-44-67)63-19-7-5-8-20-63)84-51-49-72(70-23-11-13-27-77(70)84)73-50-52-85(78-28-14-12-24-71(73)78)113(68-45-41-66(42-46-68)64-21-9-6-10-22-64)99-54-53-79-75-26-16-18-30-81(75)101(86(79)83(99)58-99,57-62-37-33-60(4-2)34-38-62)88-91(104)95(108)98(111)96(109)92(88)105/h5-7,9-16,18-19,21,23-28,30-55,64,83H,3-4,8,17,20,22,29,56-58H2,1-2H3. The van der Waals surface area contributed by atoms with Gasteiger partial charge in [-0.1, -0.05) is 244 Å². The highest BCUT2D eigenvalue weighted by atomic mass is 19.2. The second-order valence-corrected chi connectivity index (χ2v) is 30.9. The van der Waals surface area contributed by atoms with Crippen molar-refractivity contribution < 1.29 is 43.9 Å². The average molecular weight is 1510 g/mol. The summed E-state index contributed by atoms with van der Waals surface area (Å²) < 4.78 is 166. The molecule has 5 atom stereocenters. The molecule has 12 heteroatoms. The first-order valence-electron chi connectivity index (χ1n) is 38.9. The summed E-state index contributed by atoms with van der Waals surface area (Å²) in [4.78, 5) is 4.43. The lowest BCUT2D eigenvalue weighted by atomic mass is 9.65. The van der Waals surface area contributed by atoms with Crippen LogP contribution >= 0.6 is 0 Å². The lowest BCUT2D eigenvalue weighted by Crippen LogP contribution is -2.40. The Morgan fingerprint density at radius 1 is 0.407 bits per heavy atom. The summed E-state index contributed by atoms with van der Waals surface area (Å²) in [6.07, 6.45) is 27.7. The van der Waals surface area contributed by atoms with Crippen LogP contribution < -0.4 is 9.80 Å². The summed E-state index contributed by atoms with van der Waals surface area (Å²) in [5, 5.41) is 3.43. The molecule has 7 aliphatic rings. The Morgan fingerprint density at radius 3 is 1.53 bits per heavy atom. The fourth-order valence-corrected chi connectivity index (χ4v) is 19.7. The second-order valence-electron chi connectivity index (χ2n) is 30.9. The molecule has 0 aromatic heterocycles. The Kier molecular flexibility index (Phi) is 17.5. The highest BCUT2D eigenvalue weighted by Crippen LogP contribution is 2.70. The molecule has 0 radical (unpaired) electrons. The van der Waals surface area contributed by atoms with Crippen molar-refractivity contribution in [1.29, 1.82) is 0 Å². The van der Waals surface area contributed by atoms with Crippen LogP contribution in [0.4, 0.5) is 72.3 Å². The summed E-state index contributed by atoms with van der Waals surface area (Å²) in [7, 11) is 0. The highest BCUT2D eigenvalue weighted by Gasteiger charge is 2.67. The zero-order chi connectivity index (χ0) is 77.3. The van der Waals surface area contributed by atoms with Crippen LogP contribution in [-0.4, -0.2) is 5.54 Å². The van der Waals surface area contributed by atoms with E-state index in [1.807, 2.05) is 141 Å². The van der Waals surface area contributed by atoms with Crippen LogP contribution in [0.3, 0.4) is 0 Å². The van der Waals surface area contributed by atoms with Gasteiger partial charge >= 0.3 is 0 Å². The van der Waals surface area contributed by atoms with Gasteiger partial charge in [0.05, 0.1) is 22.1 Å². The van der Waals surface area contributed by atoms with Crippen molar-refractivity contribution in [3.05, 3.63) is 415 Å². The molecule has 0 heterocycles. The minimum atomic E-state index is -2.23. The minimum absolute atomic E-state index is 0.112. The third-order valence-corrected chi connectivity index (χ3v) is 25.1. The first kappa shape index (κ1) is 71.3. The minimum Gasteiger partial charge on any atom is -0.331 e. The molecule has 0 aliphatic heterocycles. The lowest BCUT2D eigenvalue weighted by molar-refractivity contribution is 0.354. The van der Waals surface area contributed by atoms with Gasteiger partial charge in [-0.25, -0.2) is 43.9 Å². The number of allylic oxidation sites excluding steroid dienone is 14. The van der Waals surface area contributed by atoms with E-state index in [1.165, 1.54) is 5.57 Å². The number of halogens is 10. The Labute approximate surface area is 649 Å². The molecule has 1 fully saturated rings. The SMILES string of the molecule is CCc1ccc(CC2(c3c(F)c(F)c(F)c(F)c3F)C3=C(C=CCC3)c3ccc(N(c4ccc(C5=CC=CCC5)cc4)c4ccc(-c5ccc(N(c6ccc(C7C=CC=CC7)cc6)C67C=CC8=C(C6C7)C(Cc6ccc(CC)cc6)(c6c(F)c(F)c(F)c(F)c6F)c6ccccc68)c6ccccc56)c5ccccc45)cc32)cc1. The molecule has 0 N–H and O–H groups in total. The van der Waals surface area contributed by atoms with Crippen molar-refractivity contribution in [1.82, 2.24) is 0 Å². The van der Waals surface area contributed by atoms with Crippen LogP contribution in [0.25, 0.3) is 49.4 Å². The molecular formula is C101H74F10N2. The summed E-state index contributed by atoms with van der Waals surface area (Å²) in [6.45, 7) is 4.04. The van der Waals surface area contributed by atoms with Crippen LogP contribution in [-0.2, 0) is 36.5 Å². The highest BCUT2D eigenvalue weighted by molar-refractivity contribution is 6.13. The van der Waals surface area contributed by atoms with Crippen LogP contribution in [0, 0.1) is 64.1 Å². The quantitative estimate of drug-likeness (QED) is 0.0509. The van der Waals surface area contributed by atoms with Gasteiger partial charge in [-0.15, -0.1) is 0 Å². The van der Waals surface area contributed by atoms with Gasteiger partial charge in [-0.3, -0.25) is 0 Å². The molecule has 0 amide bonds. The van der Waals surface area contributed by atoms with Crippen molar-refractivity contribution in [2.75, 3.05) is 9.80 Å². The topological polar surface area (TPSA) is 6.48 Å². The molecule has 12 aromatic carbocycles. The van der Waals surface area contributed by atoms with Crippen molar-refractivity contribution >= 4 is 66.7 Å². The van der Waals surface area contributed by atoms with Gasteiger partial charge in [-0.2, -0.15) is 0 Å². The van der Waals surface area contributed by atoms with E-state index in [4.69, 9.17) is 0 Å². The monoisotopic (exact) mass is 1500 g/mol. The van der Waals surface area contributed by atoms with E-state index in [2.05, 4.69) is 149 Å². The number of rotatable bonds is 17. The number of hydrogen-bond donors (Lipinski definition) is 0. The van der Waals surface area contributed by atoms with Crippen molar-refractivity contribution in [3.8, 4) is 11.1 Å². The van der Waals surface area contributed by atoms with E-state index in [0.717, 1.165) is 103 Å². The van der Waals surface area contributed by atoms with Crippen molar-refractivity contribution in [2.24, 2.45) is 5.92 Å².